The van der Waals surface area contributed by atoms with E-state index in [1.165, 1.54) is 43.5 Å². The van der Waals surface area contributed by atoms with Crippen LogP contribution < -0.4 is 10.6 Å². The summed E-state index contributed by atoms with van der Waals surface area (Å²) in [6, 6.07) is 8.75. The van der Waals surface area contributed by atoms with E-state index in [2.05, 4.69) is 15.4 Å². The van der Waals surface area contributed by atoms with Crippen molar-refractivity contribution < 1.29 is 19.2 Å². The van der Waals surface area contributed by atoms with Crippen LogP contribution in [0.15, 0.2) is 36.4 Å². The number of hydrogen-bond acceptors (Lipinski definition) is 6. The van der Waals surface area contributed by atoms with Gasteiger partial charge in [-0.1, -0.05) is 11.6 Å². The number of nitro benzene ring substituents is 1. The number of methoxy groups -OCH3 is 1. The van der Waals surface area contributed by atoms with Gasteiger partial charge in [-0.3, -0.25) is 14.9 Å². The molecule has 2 N–H and O–H groups in total. The molecule has 140 valence electrons. The lowest BCUT2D eigenvalue weighted by molar-refractivity contribution is -0.384. The Morgan fingerprint density at radius 1 is 1.15 bits per heavy atom. The number of esters is 1. The quantitative estimate of drug-likeness (QED) is 0.441. The number of ether oxygens (including phenoxy) is 1. The number of nitrogens with one attached hydrogen (secondary N) is 2. The second-order valence-electron chi connectivity index (χ2n) is 6.05. The average Bonchev–Trinajstić information content (AvgIpc) is 3.47. The van der Waals surface area contributed by atoms with Gasteiger partial charge in [0.1, 0.15) is 5.69 Å². The normalized spacial score (nSPS) is 13.0. The molecule has 2 aromatic rings. The van der Waals surface area contributed by atoms with E-state index in [4.69, 9.17) is 11.6 Å². The van der Waals surface area contributed by atoms with Crippen molar-refractivity contribution in [2.45, 2.75) is 18.9 Å². The lowest BCUT2D eigenvalue weighted by atomic mass is 10.1. The van der Waals surface area contributed by atoms with Gasteiger partial charge in [0.25, 0.3) is 11.6 Å². The Kier molecular flexibility index (Phi) is 5.27. The molecule has 0 spiro atoms. The van der Waals surface area contributed by atoms with Gasteiger partial charge in [-0.05, 0) is 43.2 Å². The minimum Gasteiger partial charge on any atom is -0.465 e. The molecule has 3 rings (SSSR count). The number of benzene rings is 2. The van der Waals surface area contributed by atoms with Gasteiger partial charge in [-0.25, -0.2) is 4.79 Å². The molecule has 0 radical (unpaired) electrons. The number of rotatable bonds is 6. The van der Waals surface area contributed by atoms with Crippen LogP contribution in [0.2, 0.25) is 5.02 Å². The molecule has 27 heavy (non-hydrogen) atoms. The van der Waals surface area contributed by atoms with Crippen molar-refractivity contribution in [1.29, 1.82) is 0 Å². The number of anilines is 2. The zero-order valence-corrected chi connectivity index (χ0v) is 15.1. The van der Waals surface area contributed by atoms with Crippen molar-refractivity contribution in [2.75, 3.05) is 17.7 Å². The van der Waals surface area contributed by atoms with Crippen molar-refractivity contribution >= 4 is 40.5 Å². The topological polar surface area (TPSA) is 111 Å². The summed E-state index contributed by atoms with van der Waals surface area (Å²) in [5.41, 5.74) is 0.718. The van der Waals surface area contributed by atoms with Crippen LogP contribution >= 0.6 is 11.6 Å². The molecule has 0 aliphatic heterocycles. The molecule has 0 unspecified atom stereocenters. The minimum absolute atomic E-state index is 0.0996. The van der Waals surface area contributed by atoms with Crippen molar-refractivity contribution in [3.8, 4) is 0 Å². The van der Waals surface area contributed by atoms with Crippen LogP contribution in [-0.2, 0) is 4.74 Å². The smallest absolute Gasteiger partial charge is 0.337 e. The van der Waals surface area contributed by atoms with Crippen LogP contribution in [0.25, 0.3) is 0 Å². The Balaban J connectivity index is 1.84. The molecule has 0 heterocycles. The van der Waals surface area contributed by atoms with Gasteiger partial charge in [0.2, 0.25) is 0 Å². The van der Waals surface area contributed by atoms with Gasteiger partial charge >= 0.3 is 5.97 Å². The van der Waals surface area contributed by atoms with E-state index in [1.54, 1.807) is 0 Å². The van der Waals surface area contributed by atoms with Gasteiger partial charge in [-0.15, -0.1) is 0 Å². The third kappa shape index (κ3) is 4.35. The first-order valence-corrected chi connectivity index (χ1v) is 8.51. The van der Waals surface area contributed by atoms with Crippen LogP contribution in [0.4, 0.5) is 17.1 Å². The summed E-state index contributed by atoms with van der Waals surface area (Å²) in [5.74, 6) is -1.16. The van der Waals surface area contributed by atoms with Crippen LogP contribution in [-0.4, -0.2) is 30.0 Å². The number of nitrogens with zero attached hydrogens (tertiary/aromatic N) is 1. The van der Waals surface area contributed by atoms with Gasteiger partial charge in [0.05, 0.1) is 28.3 Å². The van der Waals surface area contributed by atoms with Crippen LogP contribution in [0.1, 0.15) is 33.6 Å². The summed E-state index contributed by atoms with van der Waals surface area (Å²) >= 11 is 6.06. The maximum absolute atomic E-state index is 12.5. The predicted octanol–water partition coefficient (Wildman–Crippen LogP) is 3.86. The second kappa shape index (κ2) is 7.63. The van der Waals surface area contributed by atoms with Crippen LogP contribution in [0, 0.1) is 10.1 Å². The zero-order chi connectivity index (χ0) is 19.6. The van der Waals surface area contributed by atoms with E-state index in [1.807, 2.05) is 0 Å². The van der Waals surface area contributed by atoms with Crippen molar-refractivity contribution in [3.63, 3.8) is 0 Å². The maximum atomic E-state index is 12.5. The fourth-order valence-electron chi connectivity index (χ4n) is 2.45. The summed E-state index contributed by atoms with van der Waals surface area (Å²) in [5, 5.41) is 17.2. The monoisotopic (exact) mass is 389 g/mol. The van der Waals surface area contributed by atoms with E-state index in [-0.39, 0.29) is 33.6 Å². The molecule has 0 saturated heterocycles. The number of halogens is 1. The average molecular weight is 390 g/mol. The highest BCUT2D eigenvalue weighted by atomic mass is 35.5. The molecule has 9 heteroatoms. The Labute approximate surface area is 159 Å². The standard InChI is InChI=1S/C18H16ClN3O5/c1-27-18(24)11-2-6-13(19)15(8-11)21-17(23)10-3-7-14(20-12-4-5-12)16(9-10)22(25)26/h2-3,6-9,12,20H,4-5H2,1H3,(H,21,23). The number of carbonyl (C=O) groups is 2. The Hall–Kier alpha value is -3.13. The van der Waals surface area contributed by atoms with Gasteiger partial charge in [0, 0.05) is 17.7 Å². The SMILES string of the molecule is COC(=O)c1ccc(Cl)c(NC(=O)c2ccc(NC3CC3)c([N+](=O)[O-])c2)c1. The highest BCUT2D eigenvalue weighted by molar-refractivity contribution is 6.34. The Morgan fingerprint density at radius 2 is 1.85 bits per heavy atom. The molecular formula is C18H16ClN3O5. The number of hydrogen-bond donors (Lipinski definition) is 2. The first-order chi connectivity index (χ1) is 12.9. The number of carbonyl (C=O) groups excluding carboxylic acids is 2. The molecule has 0 atom stereocenters. The molecule has 0 bridgehead atoms. The molecule has 1 aliphatic carbocycles. The van der Waals surface area contributed by atoms with E-state index >= 15 is 0 Å². The van der Waals surface area contributed by atoms with Crippen molar-refractivity contribution in [1.82, 2.24) is 0 Å². The van der Waals surface area contributed by atoms with Crippen LogP contribution in [0.5, 0.6) is 0 Å². The first-order valence-electron chi connectivity index (χ1n) is 8.13. The summed E-state index contributed by atoms with van der Waals surface area (Å²) in [6.07, 6.45) is 1.93. The zero-order valence-electron chi connectivity index (χ0n) is 14.3. The molecule has 1 saturated carbocycles. The fourth-order valence-corrected chi connectivity index (χ4v) is 2.62. The maximum Gasteiger partial charge on any atom is 0.337 e. The minimum atomic E-state index is -0.583. The van der Waals surface area contributed by atoms with E-state index in [9.17, 15) is 19.7 Å². The summed E-state index contributed by atoms with van der Waals surface area (Å²) in [7, 11) is 1.24. The molecule has 2 aromatic carbocycles. The largest absolute Gasteiger partial charge is 0.465 e. The predicted molar refractivity (Wildman–Crippen MR) is 100 cm³/mol. The fraction of sp³-hybridized carbons (Fsp3) is 0.222. The molecule has 1 fully saturated rings. The molecule has 1 aliphatic rings. The van der Waals surface area contributed by atoms with E-state index in [0.29, 0.717) is 5.69 Å². The van der Waals surface area contributed by atoms with Crippen LogP contribution in [0.3, 0.4) is 0 Å². The second-order valence-corrected chi connectivity index (χ2v) is 6.46. The Bertz CT molecular complexity index is 927. The third-order valence-electron chi connectivity index (χ3n) is 4.03. The lowest BCUT2D eigenvalue weighted by Crippen LogP contribution is -2.14. The van der Waals surface area contributed by atoms with E-state index < -0.39 is 16.8 Å². The van der Waals surface area contributed by atoms with Crippen molar-refractivity contribution in [3.05, 3.63) is 62.7 Å². The first kappa shape index (κ1) is 18.7. The Morgan fingerprint density at radius 3 is 2.48 bits per heavy atom. The van der Waals surface area contributed by atoms with Gasteiger partial charge in [-0.2, -0.15) is 0 Å². The molecule has 8 nitrogen and oxygen atoms in total. The van der Waals surface area contributed by atoms with Gasteiger partial charge in [0.15, 0.2) is 0 Å². The highest BCUT2D eigenvalue weighted by Crippen LogP contribution is 2.32. The van der Waals surface area contributed by atoms with Gasteiger partial charge < -0.3 is 15.4 Å². The summed E-state index contributed by atoms with van der Waals surface area (Å²) < 4.78 is 4.64. The highest BCUT2D eigenvalue weighted by Gasteiger charge is 2.25. The number of nitro groups is 1. The third-order valence-corrected chi connectivity index (χ3v) is 4.36. The summed E-state index contributed by atoms with van der Waals surface area (Å²) in [4.78, 5) is 34.9. The molecular weight excluding hydrogens is 374 g/mol. The molecule has 0 aromatic heterocycles. The van der Waals surface area contributed by atoms with Crippen molar-refractivity contribution in [2.24, 2.45) is 0 Å². The lowest BCUT2D eigenvalue weighted by Gasteiger charge is -2.10. The van der Waals surface area contributed by atoms with E-state index in [0.717, 1.165) is 12.8 Å². The number of amides is 1. The summed E-state index contributed by atoms with van der Waals surface area (Å²) in [6.45, 7) is 0. The molecule has 1 amide bonds.